The standard InChI is InChI=1S/C19H19ClN2O2/c1-11-5-3-6-12(2)17(11)22-19(24)16-10-15(16)18(23)21-14-8-4-7-13(20)9-14/h3-9,15-16H,10H2,1-2H3,(H,21,23)(H,22,24). The van der Waals surface area contributed by atoms with Gasteiger partial charge in [0.2, 0.25) is 11.8 Å². The summed E-state index contributed by atoms with van der Waals surface area (Å²) in [5, 5.41) is 6.33. The van der Waals surface area contributed by atoms with E-state index in [9.17, 15) is 9.59 Å². The van der Waals surface area contributed by atoms with E-state index in [0.29, 0.717) is 17.1 Å². The molecule has 1 aliphatic rings. The van der Waals surface area contributed by atoms with Crippen molar-refractivity contribution in [3.63, 3.8) is 0 Å². The van der Waals surface area contributed by atoms with Crippen molar-refractivity contribution in [3.8, 4) is 0 Å². The van der Waals surface area contributed by atoms with Crippen molar-refractivity contribution >= 4 is 34.8 Å². The summed E-state index contributed by atoms with van der Waals surface area (Å²) in [6, 6.07) is 12.9. The lowest BCUT2D eigenvalue weighted by atomic mass is 10.1. The van der Waals surface area contributed by atoms with Gasteiger partial charge in [0.15, 0.2) is 0 Å². The summed E-state index contributed by atoms with van der Waals surface area (Å²) >= 11 is 5.91. The van der Waals surface area contributed by atoms with Crippen LogP contribution in [0.5, 0.6) is 0 Å². The van der Waals surface area contributed by atoms with Crippen LogP contribution in [-0.2, 0) is 9.59 Å². The molecule has 2 atom stereocenters. The van der Waals surface area contributed by atoms with Crippen LogP contribution >= 0.6 is 11.6 Å². The number of carbonyl (C=O) groups excluding carboxylic acids is 2. The Morgan fingerprint density at radius 3 is 2.17 bits per heavy atom. The number of para-hydroxylation sites is 1. The lowest BCUT2D eigenvalue weighted by molar-refractivity contribution is -0.122. The van der Waals surface area contributed by atoms with Gasteiger partial charge in [-0.15, -0.1) is 0 Å². The third-order valence-corrected chi connectivity index (χ3v) is 4.52. The second kappa shape index (κ2) is 6.65. The Balaban J connectivity index is 1.60. The van der Waals surface area contributed by atoms with Crippen LogP contribution in [0.3, 0.4) is 0 Å². The molecule has 24 heavy (non-hydrogen) atoms. The fraction of sp³-hybridized carbons (Fsp3) is 0.263. The first-order chi connectivity index (χ1) is 11.5. The number of benzene rings is 2. The molecule has 4 nitrogen and oxygen atoms in total. The second-order valence-corrected chi connectivity index (χ2v) is 6.64. The van der Waals surface area contributed by atoms with Crippen molar-refractivity contribution in [1.82, 2.24) is 0 Å². The molecule has 0 saturated heterocycles. The minimum Gasteiger partial charge on any atom is -0.326 e. The highest BCUT2D eigenvalue weighted by atomic mass is 35.5. The first kappa shape index (κ1) is 16.5. The van der Waals surface area contributed by atoms with Crippen LogP contribution < -0.4 is 10.6 Å². The molecule has 2 N–H and O–H groups in total. The molecular formula is C19H19ClN2O2. The Kier molecular flexibility index (Phi) is 4.58. The van der Waals surface area contributed by atoms with Gasteiger partial charge in [-0.25, -0.2) is 0 Å². The van der Waals surface area contributed by atoms with Gasteiger partial charge >= 0.3 is 0 Å². The van der Waals surface area contributed by atoms with Gasteiger partial charge in [-0.3, -0.25) is 9.59 Å². The molecule has 3 rings (SSSR count). The Bertz CT molecular complexity index is 783. The Morgan fingerprint density at radius 2 is 1.54 bits per heavy atom. The molecule has 0 radical (unpaired) electrons. The van der Waals surface area contributed by atoms with E-state index in [0.717, 1.165) is 16.8 Å². The molecule has 2 aromatic rings. The first-order valence-electron chi connectivity index (χ1n) is 7.89. The zero-order chi connectivity index (χ0) is 17.3. The lowest BCUT2D eigenvalue weighted by Crippen LogP contribution is -2.21. The number of hydrogen-bond acceptors (Lipinski definition) is 2. The normalized spacial score (nSPS) is 18.8. The highest BCUT2D eigenvalue weighted by molar-refractivity contribution is 6.30. The van der Waals surface area contributed by atoms with Crippen LogP contribution in [-0.4, -0.2) is 11.8 Å². The van der Waals surface area contributed by atoms with E-state index in [1.807, 2.05) is 32.0 Å². The molecule has 0 spiro atoms. The third-order valence-electron chi connectivity index (χ3n) is 4.29. The fourth-order valence-corrected chi connectivity index (χ4v) is 2.99. The summed E-state index contributed by atoms with van der Waals surface area (Å²) in [6.07, 6.45) is 0.573. The predicted octanol–water partition coefficient (Wildman–Crippen LogP) is 4.17. The lowest BCUT2D eigenvalue weighted by Gasteiger charge is -2.11. The molecule has 2 unspecified atom stereocenters. The van der Waals surface area contributed by atoms with E-state index < -0.39 is 0 Å². The maximum absolute atomic E-state index is 12.4. The molecule has 1 aliphatic carbocycles. The first-order valence-corrected chi connectivity index (χ1v) is 8.27. The average molecular weight is 343 g/mol. The highest BCUT2D eigenvalue weighted by Gasteiger charge is 2.48. The zero-order valence-corrected chi connectivity index (χ0v) is 14.4. The van der Waals surface area contributed by atoms with E-state index in [2.05, 4.69) is 10.6 Å². The van der Waals surface area contributed by atoms with Crippen LogP contribution in [0.25, 0.3) is 0 Å². The van der Waals surface area contributed by atoms with Crippen molar-refractivity contribution in [2.45, 2.75) is 20.3 Å². The minimum atomic E-state index is -0.284. The summed E-state index contributed by atoms with van der Waals surface area (Å²) in [6.45, 7) is 3.91. The van der Waals surface area contributed by atoms with Gasteiger partial charge in [0.1, 0.15) is 0 Å². The quantitative estimate of drug-likeness (QED) is 0.876. The number of aryl methyl sites for hydroxylation is 2. The number of hydrogen-bond donors (Lipinski definition) is 2. The van der Waals surface area contributed by atoms with Crippen molar-refractivity contribution in [3.05, 3.63) is 58.6 Å². The van der Waals surface area contributed by atoms with Crippen molar-refractivity contribution in [1.29, 1.82) is 0 Å². The maximum atomic E-state index is 12.4. The van der Waals surface area contributed by atoms with Crippen LogP contribution in [0.2, 0.25) is 5.02 Å². The minimum absolute atomic E-state index is 0.0985. The topological polar surface area (TPSA) is 58.2 Å². The molecular weight excluding hydrogens is 324 g/mol. The molecule has 1 saturated carbocycles. The maximum Gasteiger partial charge on any atom is 0.228 e. The summed E-state index contributed by atoms with van der Waals surface area (Å²) in [7, 11) is 0. The fourth-order valence-electron chi connectivity index (χ4n) is 2.80. The summed E-state index contributed by atoms with van der Waals surface area (Å²) in [4.78, 5) is 24.6. The van der Waals surface area contributed by atoms with Crippen molar-refractivity contribution in [2.24, 2.45) is 11.8 Å². The molecule has 2 aromatic carbocycles. The average Bonchev–Trinajstić information content (AvgIpc) is 3.32. The Labute approximate surface area is 146 Å². The zero-order valence-electron chi connectivity index (χ0n) is 13.6. The van der Waals surface area contributed by atoms with Crippen LogP contribution in [0.1, 0.15) is 17.5 Å². The molecule has 0 bridgehead atoms. The van der Waals surface area contributed by atoms with Crippen molar-refractivity contribution < 1.29 is 9.59 Å². The third kappa shape index (κ3) is 3.60. The summed E-state index contributed by atoms with van der Waals surface area (Å²) in [5.74, 6) is -0.797. The summed E-state index contributed by atoms with van der Waals surface area (Å²) < 4.78 is 0. The molecule has 1 fully saturated rings. The molecule has 0 aromatic heterocycles. The van der Waals surface area contributed by atoms with Crippen LogP contribution in [0.15, 0.2) is 42.5 Å². The van der Waals surface area contributed by atoms with E-state index in [-0.39, 0.29) is 23.7 Å². The van der Waals surface area contributed by atoms with Gasteiger partial charge < -0.3 is 10.6 Å². The molecule has 0 heterocycles. The number of rotatable bonds is 4. The molecule has 0 aliphatic heterocycles. The van der Waals surface area contributed by atoms with E-state index in [4.69, 9.17) is 11.6 Å². The number of anilines is 2. The molecule has 5 heteroatoms. The van der Waals surface area contributed by atoms with Gasteiger partial charge in [-0.2, -0.15) is 0 Å². The molecule has 2 amide bonds. The van der Waals surface area contributed by atoms with Gasteiger partial charge in [0, 0.05) is 16.4 Å². The number of halogens is 1. The highest BCUT2D eigenvalue weighted by Crippen LogP contribution is 2.40. The predicted molar refractivity (Wildman–Crippen MR) is 96.2 cm³/mol. The van der Waals surface area contributed by atoms with Gasteiger partial charge in [0.05, 0.1) is 11.8 Å². The smallest absolute Gasteiger partial charge is 0.228 e. The van der Waals surface area contributed by atoms with E-state index in [1.165, 1.54) is 0 Å². The van der Waals surface area contributed by atoms with Gasteiger partial charge in [-0.05, 0) is 49.6 Å². The van der Waals surface area contributed by atoms with E-state index in [1.54, 1.807) is 24.3 Å². The molecule has 124 valence electrons. The Hall–Kier alpha value is -2.33. The number of amides is 2. The van der Waals surface area contributed by atoms with Crippen LogP contribution in [0, 0.1) is 25.7 Å². The van der Waals surface area contributed by atoms with Crippen molar-refractivity contribution in [2.75, 3.05) is 10.6 Å². The SMILES string of the molecule is Cc1cccc(C)c1NC(=O)C1CC1C(=O)Nc1cccc(Cl)c1. The Morgan fingerprint density at radius 1 is 0.958 bits per heavy atom. The second-order valence-electron chi connectivity index (χ2n) is 6.20. The number of nitrogens with one attached hydrogen (secondary N) is 2. The van der Waals surface area contributed by atoms with Gasteiger partial charge in [0.25, 0.3) is 0 Å². The largest absolute Gasteiger partial charge is 0.326 e. The summed E-state index contributed by atoms with van der Waals surface area (Å²) in [5.41, 5.74) is 3.52. The van der Waals surface area contributed by atoms with Crippen LogP contribution in [0.4, 0.5) is 11.4 Å². The number of carbonyl (C=O) groups is 2. The van der Waals surface area contributed by atoms with Gasteiger partial charge in [-0.1, -0.05) is 35.9 Å². The van der Waals surface area contributed by atoms with E-state index >= 15 is 0 Å². The monoisotopic (exact) mass is 342 g/mol.